The largest absolute Gasteiger partial charge is 0.490 e. The lowest BCUT2D eigenvalue weighted by Crippen LogP contribution is -2.47. The van der Waals surface area contributed by atoms with Gasteiger partial charge >= 0.3 is 6.61 Å². The van der Waals surface area contributed by atoms with Gasteiger partial charge in [-0.1, -0.05) is 6.07 Å². The fraction of sp³-hybridized carbons (Fsp3) is 0.611. The molecule has 27 heavy (non-hydrogen) atoms. The predicted octanol–water partition coefficient (Wildman–Crippen LogP) is 3.29. The number of guanidine groups is 1. The summed E-state index contributed by atoms with van der Waals surface area (Å²) < 4.78 is 40.7. The van der Waals surface area contributed by atoms with Crippen molar-refractivity contribution in [2.24, 2.45) is 4.99 Å². The summed E-state index contributed by atoms with van der Waals surface area (Å²) in [5.74, 6) is 1.03. The smallest absolute Gasteiger partial charge is 0.387 e. The highest BCUT2D eigenvalue weighted by Crippen LogP contribution is 2.34. The van der Waals surface area contributed by atoms with Crippen molar-refractivity contribution in [3.8, 4) is 11.5 Å². The average Bonchev–Trinajstić information content (AvgIpc) is 3.23. The maximum absolute atomic E-state index is 12.5. The van der Waals surface area contributed by atoms with Crippen molar-refractivity contribution in [3.63, 3.8) is 0 Å². The number of fused-ring (bicyclic) bond motifs is 2. The normalized spacial score (nSPS) is 23.9. The van der Waals surface area contributed by atoms with Gasteiger partial charge in [-0.25, -0.2) is 0 Å². The second-order valence-electron chi connectivity index (χ2n) is 6.38. The van der Waals surface area contributed by atoms with Crippen molar-refractivity contribution >= 4 is 29.9 Å². The van der Waals surface area contributed by atoms with Crippen molar-refractivity contribution in [1.82, 2.24) is 10.6 Å². The second-order valence-corrected chi connectivity index (χ2v) is 6.38. The number of rotatable bonds is 7. The minimum absolute atomic E-state index is 0. The van der Waals surface area contributed by atoms with Crippen LogP contribution in [0.5, 0.6) is 11.5 Å². The van der Waals surface area contributed by atoms with Crippen LogP contribution < -0.4 is 20.1 Å². The highest BCUT2D eigenvalue weighted by Gasteiger charge is 2.41. The first-order valence-electron chi connectivity index (χ1n) is 8.92. The van der Waals surface area contributed by atoms with Crippen LogP contribution in [0.2, 0.25) is 0 Å². The number of hydrogen-bond acceptors (Lipinski definition) is 4. The summed E-state index contributed by atoms with van der Waals surface area (Å²) in [6.07, 6.45) is 3.85. The van der Waals surface area contributed by atoms with Gasteiger partial charge < -0.3 is 24.8 Å². The molecule has 0 aromatic heterocycles. The van der Waals surface area contributed by atoms with Crippen LogP contribution in [-0.4, -0.2) is 44.5 Å². The van der Waals surface area contributed by atoms with Gasteiger partial charge in [-0.15, -0.1) is 24.0 Å². The first kappa shape index (κ1) is 21.9. The van der Waals surface area contributed by atoms with E-state index >= 15 is 0 Å². The fourth-order valence-electron chi connectivity index (χ4n) is 3.47. The van der Waals surface area contributed by atoms with E-state index in [1.807, 2.05) is 0 Å². The van der Waals surface area contributed by atoms with Crippen LogP contribution in [0, 0.1) is 0 Å². The molecule has 2 aliphatic heterocycles. The lowest BCUT2D eigenvalue weighted by atomic mass is 9.96. The third-order valence-electron chi connectivity index (χ3n) is 4.64. The number of halogens is 3. The number of alkyl halides is 2. The van der Waals surface area contributed by atoms with Gasteiger partial charge in [0, 0.05) is 13.6 Å². The molecule has 2 bridgehead atoms. The van der Waals surface area contributed by atoms with E-state index in [9.17, 15) is 8.78 Å². The molecule has 152 valence electrons. The van der Waals surface area contributed by atoms with Crippen molar-refractivity contribution < 1.29 is 23.0 Å². The highest BCUT2D eigenvalue weighted by atomic mass is 127. The van der Waals surface area contributed by atoms with E-state index in [0.29, 0.717) is 31.0 Å². The Morgan fingerprint density at radius 2 is 2.15 bits per heavy atom. The molecule has 1 aromatic rings. The molecule has 1 aromatic carbocycles. The Labute approximate surface area is 175 Å². The molecular weight excluding hydrogens is 471 g/mol. The monoisotopic (exact) mass is 497 g/mol. The Hall–Kier alpha value is -1.36. The molecule has 3 atom stereocenters. The summed E-state index contributed by atoms with van der Waals surface area (Å²) in [5, 5.41) is 6.64. The standard InChI is InChI=1S/C18H25F2N3O3.HI/c1-3-24-16-8-11(4-6-15(16)26-17(19)20)10-22-18(21-2)23-13-9-12-5-7-14(13)25-12;/h4,6,8,12-14,17H,3,5,7,9-10H2,1-2H3,(H2,21,22,23);1H. The Balaban J connectivity index is 0.00000261. The second kappa shape index (κ2) is 10.3. The third kappa shape index (κ3) is 5.81. The molecule has 2 N–H and O–H groups in total. The molecule has 0 saturated carbocycles. The van der Waals surface area contributed by atoms with Crippen LogP contribution in [0.1, 0.15) is 31.7 Å². The molecule has 9 heteroatoms. The number of nitrogens with one attached hydrogen (secondary N) is 2. The maximum Gasteiger partial charge on any atom is 0.387 e. The van der Waals surface area contributed by atoms with Gasteiger partial charge in [0.25, 0.3) is 0 Å². The van der Waals surface area contributed by atoms with Gasteiger partial charge in [0.05, 0.1) is 24.9 Å². The Morgan fingerprint density at radius 3 is 2.74 bits per heavy atom. The van der Waals surface area contributed by atoms with Gasteiger partial charge in [0.2, 0.25) is 0 Å². The van der Waals surface area contributed by atoms with Gasteiger partial charge in [-0.2, -0.15) is 8.78 Å². The maximum atomic E-state index is 12.5. The molecule has 6 nitrogen and oxygen atoms in total. The van der Waals surface area contributed by atoms with Crippen LogP contribution in [0.4, 0.5) is 8.78 Å². The van der Waals surface area contributed by atoms with Crippen molar-refractivity contribution in [2.75, 3.05) is 13.7 Å². The van der Waals surface area contributed by atoms with E-state index < -0.39 is 6.61 Å². The number of aliphatic imine (C=N–C) groups is 1. The Morgan fingerprint density at radius 1 is 1.33 bits per heavy atom. The highest BCUT2D eigenvalue weighted by molar-refractivity contribution is 14.0. The summed E-state index contributed by atoms with van der Waals surface area (Å²) in [6.45, 7) is -0.245. The minimum Gasteiger partial charge on any atom is -0.490 e. The van der Waals surface area contributed by atoms with Gasteiger partial charge in [0.1, 0.15) is 0 Å². The van der Waals surface area contributed by atoms with Crippen LogP contribution in [0.25, 0.3) is 0 Å². The summed E-state index contributed by atoms with van der Waals surface area (Å²) >= 11 is 0. The van der Waals surface area contributed by atoms with E-state index in [1.54, 1.807) is 26.1 Å². The first-order chi connectivity index (χ1) is 12.6. The molecule has 0 amide bonds. The van der Waals surface area contributed by atoms with Crippen molar-refractivity contribution in [2.45, 2.75) is 57.6 Å². The van der Waals surface area contributed by atoms with Gasteiger partial charge in [-0.05, 0) is 43.9 Å². The van der Waals surface area contributed by atoms with Crippen LogP contribution in [0.15, 0.2) is 23.2 Å². The first-order valence-corrected chi connectivity index (χ1v) is 8.92. The lowest BCUT2D eigenvalue weighted by molar-refractivity contribution is -0.0514. The molecule has 0 aliphatic carbocycles. The SMILES string of the molecule is CCOc1cc(CNC(=NC)NC2CC3CCC2O3)ccc1OC(F)F.I. The average molecular weight is 497 g/mol. The zero-order chi connectivity index (χ0) is 18.5. The molecular formula is C18H26F2IN3O3. The van der Waals surface area contributed by atoms with E-state index in [1.165, 1.54) is 6.07 Å². The molecule has 2 heterocycles. The third-order valence-corrected chi connectivity index (χ3v) is 4.64. The van der Waals surface area contributed by atoms with E-state index in [0.717, 1.165) is 24.8 Å². The summed E-state index contributed by atoms with van der Waals surface area (Å²) in [6, 6.07) is 5.19. The van der Waals surface area contributed by atoms with Gasteiger partial charge in [-0.3, -0.25) is 4.99 Å². The zero-order valence-corrected chi connectivity index (χ0v) is 17.7. The molecule has 3 rings (SSSR count). The minimum atomic E-state index is -2.88. The Kier molecular flexibility index (Phi) is 8.33. The Bertz CT molecular complexity index is 648. The van der Waals surface area contributed by atoms with Crippen LogP contribution >= 0.6 is 24.0 Å². The van der Waals surface area contributed by atoms with Crippen molar-refractivity contribution in [3.05, 3.63) is 23.8 Å². The molecule has 2 aliphatic rings. The molecule has 0 spiro atoms. The number of nitrogens with zero attached hydrogens (tertiary/aromatic N) is 1. The zero-order valence-electron chi connectivity index (χ0n) is 15.4. The lowest BCUT2D eigenvalue weighted by Gasteiger charge is -2.22. The number of hydrogen-bond donors (Lipinski definition) is 2. The summed E-state index contributed by atoms with van der Waals surface area (Å²) in [4.78, 5) is 4.25. The van der Waals surface area contributed by atoms with Crippen molar-refractivity contribution in [1.29, 1.82) is 0 Å². The van der Waals surface area contributed by atoms with Crippen LogP contribution in [-0.2, 0) is 11.3 Å². The fourth-order valence-corrected chi connectivity index (χ4v) is 3.47. The molecule has 0 radical (unpaired) electrons. The van der Waals surface area contributed by atoms with E-state index in [2.05, 4.69) is 20.4 Å². The summed E-state index contributed by atoms with van der Waals surface area (Å²) in [5.41, 5.74) is 0.877. The number of benzene rings is 1. The quantitative estimate of drug-likeness (QED) is 0.344. The van der Waals surface area contributed by atoms with Crippen LogP contribution in [0.3, 0.4) is 0 Å². The predicted molar refractivity (Wildman–Crippen MR) is 109 cm³/mol. The van der Waals surface area contributed by atoms with E-state index in [-0.39, 0.29) is 41.9 Å². The molecule has 3 unspecified atom stereocenters. The number of ether oxygens (including phenoxy) is 3. The molecule has 2 saturated heterocycles. The van der Waals surface area contributed by atoms with E-state index in [4.69, 9.17) is 9.47 Å². The van der Waals surface area contributed by atoms with Gasteiger partial charge in [0.15, 0.2) is 17.5 Å². The summed E-state index contributed by atoms with van der Waals surface area (Å²) in [7, 11) is 1.72. The topological polar surface area (TPSA) is 64.1 Å². The molecule has 2 fully saturated rings.